The Balaban J connectivity index is 2.52. The summed E-state index contributed by atoms with van der Waals surface area (Å²) in [6, 6.07) is 7.58. The molecule has 0 saturated carbocycles. The number of nitrogens with zero attached hydrogens (tertiary/aromatic N) is 2. The van der Waals surface area contributed by atoms with E-state index in [4.69, 9.17) is 11.6 Å². The van der Waals surface area contributed by atoms with Crippen LogP contribution in [0.25, 0.3) is 11.4 Å². The van der Waals surface area contributed by atoms with Gasteiger partial charge in [-0.3, -0.25) is 0 Å². The molecule has 0 N–H and O–H groups in total. The monoisotopic (exact) mass is 210 g/mol. The molecule has 0 saturated heterocycles. The van der Waals surface area contributed by atoms with Crippen molar-refractivity contribution in [3.05, 3.63) is 34.3 Å². The van der Waals surface area contributed by atoms with Gasteiger partial charge < -0.3 is 0 Å². The Morgan fingerprint density at radius 3 is 2.69 bits per heavy atom. The van der Waals surface area contributed by atoms with Gasteiger partial charge >= 0.3 is 0 Å². The van der Waals surface area contributed by atoms with E-state index in [9.17, 15) is 0 Å². The van der Waals surface area contributed by atoms with Crippen LogP contribution in [0.4, 0.5) is 0 Å². The third-order valence-corrected chi connectivity index (χ3v) is 2.59. The van der Waals surface area contributed by atoms with Crippen LogP contribution in [0.1, 0.15) is 5.01 Å². The van der Waals surface area contributed by atoms with Gasteiger partial charge in [-0.05, 0) is 30.6 Å². The predicted molar refractivity (Wildman–Crippen MR) is 55.1 cm³/mol. The molecule has 0 aliphatic carbocycles. The Morgan fingerprint density at radius 2 is 2.08 bits per heavy atom. The molecule has 2 rings (SSSR count). The molecule has 4 heteroatoms. The zero-order valence-corrected chi connectivity index (χ0v) is 8.56. The normalized spacial score (nSPS) is 10.3. The number of halogens is 1. The lowest BCUT2D eigenvalue weighted by atomic mass is 10.2. The number of benzene rings is 1. The van der Waals surface area contributed by atoms with Gasteiger partial charge in [-0.1, -0.05) is 23.7 Å². The van der Waals surface area contributed by atoms with Crippen molar-refractivity contribution >= 4 is 23.1 Å². The zero-order valence-electron chi connectivity index (χ0n) is 6.99. The molecule has 0 amide bonds. The van der Waals surface area contributed by atoms with Gasteiger partial charge in [-0.2, -0.15) is 4.37 Å². The summed E-state index contributed by atoms with van der Waals surface area (Å²) in [7, 11) is 0. The third kappa shape index (κ3) is 1.71. The Labute approximate surface area is 85.4 Å². The topological polar surface area (TPSA) is 25.8 Å². The van der Waals surface area contributed by atoms with Crippen molar-refractivity contribution < 1.29 is 0 Å². The molecule has 13 heavy (non-hydrogen) atoms. The highest BCUT2D eigenvalue weighted by molar-refractivity contribution is 7.05. The van der Waals surface area contributed by atoms with Gasteiger partial charge in [0.2, 0.25) is 0 Å². The molecule has 1 aromatic heterocycles. The van der Waals surface area contributed by atoms with Crippen molar-refractivity contribution in [2.75, 3.05) is 0 Å². The fourth-order valence-corrected chi connectivity index (χ4v) is 1.76. The smallest absolute Gasteiger partial charge is 0.174 e. The summed E-state index contributed by atoms with van der Waals surface area (Å²) in [5, 5.41) is 1.65. The average molecular weight is 211 g/mol. The third-order valence-electron chi connectivity index (χ3n) is 1.64. The molecule has 0 fully saturated rings. The van der Waals surface area contributed by atoms with Crippen LogP contribution in [0.3, 0.4) is 0 Å². The van der Waals surface area contributed by atoms with Crippen LogP contribution in [0.5, 0.6) is 0 Å². The van der Waals surface area contributed by atoms with Crippen molar-refractivity contribution in [2.24, 2.45) is 0 Å². The van der Waals surface area contributed by atoms with Gasteiger partial charge in [-0.25, -0.2) is 4.98 Å². The number of hydrogen-bond acceptors (Lipinski definition) is 3. The van der Waals surface area contributed by atoms with Crippen LogP contribution in [-0.2, 0) is 0 Å². The van der Waals surface area contributed by atoms with Gasteiger partial charge in [-0.15, -0.1) is 0 Å². The van der Waals surface area contributed by atoms with Crippen LogP contribution in [0.2, 0.25) is 5.02 Å². The Morgan fingerprint density at radius 1 is 1.31 bits per heavy atom. The highest BCUT2D eigenvalue weighted by Crippen LogP contribution is 2.25. The molecule has 1 aromatic carbocycles. The summed E-state index contributed by atoms with van der Waals surface area (Å²) < 4.78 is 4.19. The molecule has 0 aliphatic heterocycles. The van der Waals surface area contributed by atoms with E-state index in [0.717, 1.165) is 10.6 Å². The van der Waals surface area contributed by atoms with E-state index >= 15 is 0 Å². The summed E-state index contributed by atoms with van der Waals surface area (Å²) >= 11 is 7.38. The molecular formula is C9H7ClN2S. The van der Waals surface area contributed by atoms with Crippen molar-refractivity contribution in [3.8, 4) is 11.4 Å². The maximum absolute atomic E-state index is 5.99. The maximum atomic E-state index is 5.99. The molecule has 0 aliphatic rings. The molecule has 0 bridgehead atoms. The first kappa shape index (κ1) is 8.66. The van der Waals surface area contributed by atoms with Crippen molar-refractivity contribution in [3.63, 3.8) is 0 Å². The number of hydrogen-bond donors (Lipinski definition) is 0. The van der Waals surface area contributed by atoms with Crippen molar-refractivity contribution in [1.82, 2.24) is 9.36 Å². The average Bonchev–Trinajstić information content (AvgIpc) is 2.53. The lowest BCUT2D eigenvalue weighted by molar-refractivity contribution is 1.26. The molecular weight excluding hydrogens is 204 g/mol. The second-order valence-electron chi connectivity index (χ2n) is 2.62. The maximum Gasteiger partial charge on any atom is 0.174 e. The molecule has 0 spiro atoms. The largest absolute Gasteiger partial charge is 0.220 e. The number of aryl methyl sites for hydroxylation is 1. The molecule has 2 nitrogen and oxygen atoms in total. The van der Waals surface area contributed by atoms with E-state index in [1.165, 1.54) is 11.5 Å². The van der Waals surface area contributed by atoms with Crippen molar-refractivity contribution in [2.45, 2.75) is 6.92 Å². The van der Waals surface area contributed by atoms with Crippen LogP contribution in [-0.4, -0.2) is 9.36 Å². The van der Waals surface area contributed by atoms with E-state index < -0.39 is 0 Å². The first-order valence-corrected chi connectivity index (χ1v) is 4.98. The summed E-state index contributed by atoms with van der Waals surface area (Å²) in [6.45, 7) is 1.93. The van der Waals surface area contributed by atoms with Crippen LogP contribution < -0.4 is 0 Å². The lowest BCUT2D eigenvalue weighted by Crippen LogP contribution is -1.81. The van der Waals surface area contributed by atoms with E-state index in [2.05, 4.69) is 9.36 Å². The van der Waals surface area contributed by atoms with Crippen LogP contribution in [0.15, 0.2) is 24.3 Å². The zero-order chi connectivity index (χ0) is 9.26. The minimum Gasteiger partial charge on any atom is -0.220 e. The SMILES string of the molecule is Cc1nc(-c2ccccc2Cl)ns1. The summed E-state index contributed by atoms with van der Waals surface area (Å²) in [5.74, 6) is 0.716. The molecule has 66 valence electrons. The first-order valence-electron chi connectivity index (χ1n) is 3.82. The summed E-state index contributed by atoms with van der Waals surface area (Å²) in [5.41, 5.74) is 0.897. The second kappa shape index (κ2) is 3.44. The van der Waals surface area contributed by atoms with E-state index in [-0.39, 0.29) is 0 Å². The number of rotatable bonds is 1. The van der Waals surface area contributed by atoms with Gasteiger partial charge in [0.25, 0.3) is 0 Å². The summed E-state index contributed by atoms with van der Waals surface area (Å²) in [4.78, 5) is 4.26. The molecule has 0 radical (unpaired) electrons. The predicted octanol–water partition coefficient (Wildman–Crippen LogP) is 3.17. The number of aromatic nitrogens is 2. The van der Waals surface area contributed by atoms with Gasteiger partial charge in [0, 0.05) is 5.56 Å². The molecule has 1 heterocycles. The Kier molecular flexibility index (Phi) is 2.29. The fourth-order valence-electron chi connectivity index (χ4n) is 1.05. The second-order valence-corrected chi connectivity index (χ2v) is 3.98. The van der Waals surface area contributed by atoms with E-state index in [0.29, 0.717) is 10.8 Å². The quantitative estimate of drug-likeness (QED) is 0.723. The highest BCUT2D eigenvalue weighted by Gasteiger charge is 2.06. The van der Waals surface area contributed by atoms with Gasteiger partial charge in [0.1, 0.15) is 5.01 Å². The molecule has 2 aromatic rings. The van der Waals surface area contributed by atoms with Crippen molar-refractivity contribution in [1.29, 1.82) is 0 Å². The van der Waals surface area contributed by atoms with E-state index in [1.807, 2.05) is 31.2 Å². The molecule has 0 atom stereocenters. The lowest BCUT2D eigenvalue weighted by Gasteiger charge is -1.96. The minimum atomic E-state index is 0.695. The summed E-state index contributed by atoms with van der Waals surface area (Å²) in [6.07, 6.45) is 0. The van der Waals surface area contributed by atoms with Crippen LogP contribution >= 0.6 is 23.1 Å². The Hall–Kier alpha value is -0.930. The molecule has 0 unspecified atom stereocenters. The minimum absolute atomic E-state index is 0.695. The van der Waals surface area contributed by atoms with E-state index in [1.54, 1.807) is 0 Å². The Bertz CT molecular complexity index is 425. The fraction of sp³-hybridized carbons (Fsp3) is 0.111. The highest BCUT2D eigenvalue weighted by atomic mass is 35.5. The van der Waals surface area contributed by atoms with Crippen LogP contribution in [0, 0.1) is 6.92 Å². The van der Waals surface area contributed by atoms with Gasteiger partial charge in [0.15, 0.2) is 5.82 Å². The first-order chi connectivity index (χ1) is 6.27. The standard InChI is InChI=1S/C9H7ClN2S/c1-6-11-9(12-13-6)7-4-2-3-5-8(7)10/h2-5H,1H3. The van der Waals surface area contributed by atoms with Gasteiger partial charge in [0.05, 0.1) is 5.02 Å².